The second kappa shape index (κ2) is 10.4. The van der Waals surface area contributed by atoms with Gasteiger partial charge in [-0.3, -0.25) is 4.79 Å². The van der Waals surface area contributed by atoms with Gasteiger partial charge in [-0.2, -0.15) is 0 Å². The Bertz CT molecular complexity index is 376. The molecule has 0 spiro atoms. The minimum atomic E-state index is -0.361. The number of carbonyl (C=O) groups excluding carboxylic acids is 1. The maximum atomic E-state index is 11.6. The highest BCUT2D eigenvalue weighted by Crippen LogP contribution is 2.45. The molecule has 0 aromatic rings. The van der Waals surface area contributed by atoms with Crippen LogP contribution < -0.4 is 0 Å². The van der Waals surface area contributed by atoms with Gasteiger partial charge in [0.25, 0.3) is 0 Å². The van der Waals surface area contributed by atoms with Gasteiger partial charge in [-0.15, -0.1) is 0 Å². The fourth-order valence-electron chi connectivity index (χ4n) is 3.12. The molecule has 2 nitrogen and oxygen atoms in total. The maximum absolute atomic E-state index is 11.6. The second-order valence-electron chi connectivity index (χ2n) is 6.88. The van der Waals surface area contributed by atoms with Crippen molar-refractivity contribution in [3.8, 4) is 0 Å². The molecule has 0 radical (unpaired) electrons. The average Bonchev–Trinajstić information content (AvgIpc) is 2.69. The maximum Gasteiger partial charge on any atom is 0.219 e. The third-order valence-corrected chi connectivity index (χ3v) is 6.08. The molecule has 1 N–H and O–H groups in total. The van der Waals surface area contributed by atoms with Gasteiger partial charge in [-0.25, -0.2) is 0 Å². The fraction of sp³-hybridized carbons (Fsp3) is 0.842. The largest absolute Gasteiger partial charge is 0.510 e. The Balaban J connectivity index is 1.99. The van der Waals surface area contributed by atoms with Gasteiger partial charge in [0.05, 0.1) is 4.75 Å². The Morgan fingerprint density at radius 2 is 1.36 bits per heavy atom. The lowest BCUT2D eigenvalue weighted by atomic mass is 9.97. The van der Waals surface area contributed by atoms with Gasteiger partial charge in [0.15, 0.2) is 0 Å². The Morgan fingerprint density at radius 3 is 1.77 bits per heavy atom. The van der Waals surface area contributed by atoms with Crippen molar-refractivity contribution in [2.24, 2.45) is 0 Å². The first-order valence-electron chi connectivity index (χ1n) is 9.15. The lowest BCUT2D eigenvalue weighted by Crippen LogP contribution is -2.20. The molecule has 1 atom stereocenters. The van der Waals surface area contributed by atoms with E-state index in [1.54, 1.807) is 6.92 Å². The standard InChI is InChI=1S/C19H34O2S/c1-4-5-6-7-8-9-10-11-12-13-14-15-19(3)17(20)16(2)18(21)22-19/h20H,4-15H2,1-3H3. The van der Waals surface area contributed by atoms with Crippen molar-refractivity contribution in [1.29, 1.82) is 0 Å². The zero-order valence-electron chi connectivity index (χ0n) is 14.7. The fourth-order valence-corrected chi connectivity index (χ4v) is 4.27. The van der Waals surface area contributed by atoms with Crippen molar-refractivity contribution >= 4 is 16.9 Å². The van der Waals surface area contributed by atoms with Crippen LogP contribution in [0.2, 0.25) is 0 Å². The summed E-state index contributed by atoms with van der Waals surface area (Å²) in [5.41, 5.74) is 0.551. The Hall–Kier alpha value is -0.440. The summed E-state index contributed by atoms with van der Waals surface area (Å²) in [7, 11) is 0. The van der Waals surface area contributed by atoms with Gasteiger partial charge in [0.2, 0.25) is 5.12 Å². The number of hydrogen-bond acceptors (Lipinski definition) is 3. The van der Waals surface area contributed by atoms with Crippen LogP contribution >= 0.6 is 11.8 Å². The summed E-state index contributed by atoms with van der Waals surface area (Å²) in [6, 6.07) is 0. The van der Waals surface area contributed by atoms with Crippen LogP contribution in [0.1, 0.15) is 97.8 Å². The number of aliphatic hydroxyl groups excluding tert-OH is 1. The smallest absolute Gasteiger partial charge is 0.219 e. The summed E-state index contributed by atoms with van der Waals surface area (Å²) in [5, 5.41) is 10.1. The van der Waals surface area contributed by atoms with E-state index in [4.69, 9.17) is 0 Å². The quantitative estimate of drug-likeness (QED) is 0.413. The monoisotopic (exact) mass is 326 g/mol. The van der Waals surface area contributed by atoms with E-state index in [1.165, 1.54) is 76.0 Å². The third kappa shape index (κ3) is 6.36. The van der Waals surface area contributed by atoms with E-state index in [2.05, 4.69) is 6.92 Å². The van der Waals surface area contributed by atoms with Crippen molar-refractivity contribution < 1.29 is 9.90 Å². The van der Waals surface area contributed by atoms with Gasteiger partial charge in [0, 0.05) is 5.57 Å². The van der Waals surface area contributed by atoms with Crippen LogP contribution in [0.5, 0.6) is 0 Å². The summed E-state index contributed by atoms with van der Waals surface area (Å²) in [5.74, 6) is 0.314. The first-order valence-corrected chi connectivity index (χ1v) is 9.96. The molecule has 0 bridgehead atoms. The molecule has 128 valence electrons. The number of aliphatic hydroxyl groups is 1. The van der Waals surface area contributed by atoms with Crippen LogP contribution in [-0.2, 0) is 4.79 Å². The van der Waals surface area contributed by atoms with Crippen LogP contribution in [0, 0.1) is 0 Å². The van der Waals surface area contributed by atoms with E-state index in [-0.39, 0.29) is 9.86 Å². The summed E-state index contributed by atoms with van der Waals surface area (Å²) < 4.78 is -0.361. The van der Waals surface area contributed by atoms with Crippen molar-refractivity contribution in [3.63, 3.8) is 0 Å². The van der Waals surface area contributed by atoms with Crippen molar-refractivity contribution in [3.05, 3.63) is 11.3 Å². The Morgan fingerprint density at radius 1 is 0.909 bits per heavy atom. The van der Waals surface area contributed by atoms with E-state index in [0.717, 1.165) is 12.8 Å². The molecule has 0 aromatic carbocycles. The molecule has 1 rings (SSSR count). The van der Waals surface area contributed by atoms with E-state index in [9.17, 15) is 9.90 Å². The molecule has 1 aliphatic heterocycles. The molecule has 0 fully saturated rings. The highest BCUT2D eigenvalue weighted by Gasteiger charge is 2.41. The number of carbonyl (C=O) groups is 1. The van der Waals surface area contributed by atoms with Gasteiger partial charge in [-0.05, 0) is 20.3 Å². The highest BCUT2D eigenvalue weighted by molar-refractivity contribution is 8.15. The lowest BCUT2D eigenvalue weighted by molar-refractivity contribution is -0.107. The van der Waals surface area contributed by atoms with Crippen LogP contribution in [0.3, 0.4) is 0 Å². The van der Waals surface area contributed by atoms with Crippen molar-refractivity contribution in [2.45, 2.75) is 103 Å². The van der Waals surface area contributed by atoms with Crippen molar-refractivity contribution in [1.82, 2.24) is 0 Å². The molecular formula is C19H34O2S. The van der Waals surface area contributed by atoms with Gasteiger partial charge in [0.1, 0.15) is 5.76 Å². The lowest BCUT2D eigenvalue weighted by Gasteiger charge is -2.22. The highest BCUT2D eigenvalue weighted by atomic mass is 32.2. The Labute approximate surface area is 141 Å². The molecule has 1 heterocycles. The molecule has 0 aliphatic carbocycles. The van der Waals surface area contributed by atoms with E-state index < -0.39 is 0 Å². The van der Waals surface area contributed by atoms with Gasteiger partial charge < -0.3 is 5.11 Å². The van der Waals surface area contributed by atoms with E-state index in [0.29, 0.717) is 11.3 Å². The zero-order chi connectivity index (χ0) is 16.4. The minimum Gasteiger partial charge on any atom is -0.510 e. The number of unbranched alkanes of at least 4 members (excludes halogenated alkanes) is 10. The molecule has 0 aromatic heterocycles. The summed E-state index contributed by atoms with van der Waals surface area (Å²) in [4.78, 5) is 11.6. The summed E-state index contributed by atoms with van der Waals surface area (Å²) >= 11 is 1.30. The van der Waals surface area contributed by atoms with E-state index >= 15 is 0 Å². The summed E-state index contributed by atoms with van der Waals surface area (Å²) in [6.45, 7) is 5.99. The van der Waals surface area contributed by atoms with Gasteiger partial charge in [-0.1, -0.05) is 89.3 Å². The topological polar surface area (TPSA) is 37.3 Å². The predicted molar refractivity (Wildman–Crippen MR) is 97.4 cm³/mol. The van der Waals surface area contributed by atoms with Crippen LogP contribution in [0.25, 0.3) is 0 Å². The predicted octanol–water partition coefficient (Wildman–Crippen LogP) is 6.55. The zero-order valence-corrected chi connectivity index (χ0v) is 15.6. The third-order valence-electron chi connectivity index (χ3n) is 4.74. The van der Waals surface area contributed by atoms with Crippen LogP contribution in [0.15, 0.2) is 11.3 Å². The molecular weight excluding hydrogens is 292 g/mol. The average molecular weight is 327 g/mol. The first-order chi connectivity index (χ1) is 10.5. The van der Waals surface area contributed by atoms with E-state index in [1.807, 2.05) is 6.92 Å². The number of rotatable bonds is 12. The molecule has 0 amide bonds. The first kappa shape index (κ1) is 19.6. The molecule has 22 heavy (non-hydrogen) atoms. The molecule has 1 unspecified atom stereocenters. The Kier molecular flexibility index (Phi) is 9.23. The SMILES string of the molecule is CCCCCCCCCCCCCC1(C)SC(=O)C(C)=C1O. The van der Waals surface area contributed by atoms with Gasteiger partial charge >= 0.3 is 0 Å². The molecule has 0 saturated heterocycles. The van der Waals surface area contributed by atoms with Crippen LogP contribution in [-0.4, -0.2) is 15.0 Å². The normalized spacial score (nSPS) is 21.9. The van der Waals surface area contributed by atoms with Crippen LogP contribution in [0.4, 0.5) is 0 Å². The minimum absolute atomic E-state index is 0.0445. The molecule has 0 saturated carbocycles. The summed E-state index contributed by atoms with van der Waals surface area (Å²) in [6.07, 6.45) is 15.5. The number of hydrogen-bond donors (Lipinski definition) is 1. The molecule has 3 heteroatoms. The number of thioether (sulfide) groups is 1. The second-order valence-corrected chi connectivity index (χ2v) is 8.36. The molecule has 1 aliphatic rings. The van der Waals surface area contributed by atoms with Crippen molar-refractivity contribution in [2.75, 3.05) is 0 Å².